The molecule has 30 nitrogen and oxygen atoms in total. The number of aliphatic carboxylic acids is 2. The minimum Gasteiger partial charge on any atom is -0.508 e. The Morgan fingerprint density at radius 3 is 1.43 bits per heavy atom. The number of likely N-dealkylation sites (tertiary alicyclic amines) is 3. The number of aliphatic hydroxyl groups is 1. The van der Waals surface area contributed by atoms with Crippen LogP contribution < -0.4 is 54.0 Å². The smallest absolute Gasteiger partial charge is 0.326 e. The normalized spacial score (nSPS) is 18.5. The van der Waals surface area contributed by atoms with Gasteiger partial charge in [-0.3, -0.25) is 57.5 Å². The van der Waals surface area contributed by atoms with Crippen LogP contribution in [-0.2, 0) is 68.7 Å². The number of unbranched alkanes of at least 4 members (excludes halogenated alkanes) is 1. The Balaban J connectivity index is 1.28. The molecule has 30 heteroatoms. The van der Waals surface area contributed by atoms with Crippen LogP contribution in [-0.4, -0.2) is 219 Å². The number of carboxylic acids is 2. The number of phenolic OH excluding ortho intramolecular Hbond substituents is 1. The maximum atomic E-state index is 14.0. The molecule has 11 amide bonds. The third-order valence-corrected chi connectivity index (χ3v) is 14.0. The monoisotopic (exact) mass is 1160 g/mol. The Morgan fingerprint density at radius 2 is 1.00 bits per heavy atom. The lowest BCUT2D eigenvalue weighted by atomic mass is 10.0. The highest BCUT2D eigenvalue weighted by molar-refractivity contribution is 5.98. The van der Waals surface area contributed by atoms with Crippen molar-refractivity contribution < 1.29 is 82.8 Å². The van der Waals surface area contributed by atoms with Gasteiger partial charge in [-0.25, -0.2) is 4.79 Å². The van der Waals surface area contributed by atoms with Crippen LogP contribution in [0, 0.1) is 5.92 Å². The fourth-order valence-electron chi connectivity index (χ4n) is 9.86. The van der Waals surface area contributed by atoms with E-state index in [4.69, 9.17) is 11.5 Å². The van der Waals surface area contributed by atoms with Gasteiger partial charge in [0, 0.05) is 32.5 Å². The molecule has 1 aromatic rings. The fourth-order valence-corrected chi connectivity index (χ4v) is 9.86. The summed E-state index contributed by atoms with van der Waals surface area (Å²) in [7, 11) is 0. The number of benzene rings is 1. The molecule has 3 saturated heterocycles. The van der Waals surface area contributed by atoms with Crippen molar-refractivity contribution in [2.24, 2.45) is 17.4 Å². The molecular formula is C52H79N13O17. The Kier molecular flexibility index (Phi) is 26.8. The van der Waals surface area contributed by atoms with E-state index in [0.717, 1.165) is 4.90 Å². The average molecular weight is 1160 g/mol. The number of nitrogens with one attached hydrogen (secondary N) is 8. The van der Waals surface area contributed by atoms with E-state index >= 15 is 0 Å². The Labute approximate surface area is 473 Å². The van der Waals surface area contributed by atoms with E-state index in [2.05, 4.69) is 42.5 Å². The standard InChI is InChI=1S/C52H79N13O17/c1-29(2)22-34(49(78)63-19-5-9-37(63)46(75)55-25-41(69)58-32(16-17-44(72)73)45(74)62-33(52(81)82)8-3-4-18-53)60-42(70)26-56-48(77)39-11-7-21-65(39)51(80)36(28-66)61-43(71)27-57-47(76)38-10-6-20-64(38)50(79)35(59-40(68)24-54)23-30-12-14-31(67)15-13-30/h12-15,29,32-39,66-67H,3-11,16-28,53-54H2,1-2H3,(H,55,75)(H,56,77)(H,57,76)(H,58,69)(H,59,68)(H,60,70)(H,61,71)(H,62,74)(H,72,73)(H,81,82)/t32-,33-,34-,35-,36-,37-,38-,39-/m0/s1. The molecular weight excluding hydrogens is 1080 g/mol. The summed E-state index contributed by atoms with van der Waals surface area (Å²) >= 11 is 0. The van der Waals surface area contributed by atoms with Crippen LogP contribution in [0.15, 0.2) is 24.3 Å². The number of rotatable bonds is 32. The summed E-state index contributed by atoms with van der Waals surface area (Å²) in [6.45, 7) is 0.920. The van der Waals surface area contributed by atoms with Gasteiger partial charge < -0.3 is 89.1 Å². The van der Waals surface area contributed by atoms with E-state index in [-0.39, 0.29) is 69.8 Å². The number of hydrogen-bond donors (Lipinski definition) is 14. The Morgan fingerprint density at radius 1 is 0.561 bits per heavy atom. The summed E-state index contributed by atoms with van der Waals surface area (Å²) in [6.07, 6.45) is 1.82. The highest BCUT2D eigenvalue weighted by atomic mass is 16.4. The van der Waals surface area contributed by atoms with E-state index in [9.17, 15) is 82.8 Å². The maximum absolute atomic E-state index is 14.0. The fraction of sp³-hybridized carbons (Fsp3) is 0.635. The maximum Gasteiger partial charge on any atom is 0.326 e. The SMILES string of the molecule is CC(C)C[C@H](NC(=O)CNC(=O)[C@@H]1CCCN1C(=O)[C@H](CO)NC(=O)CNC(=O)[C@@H]1CCCN1C(=O)[C@H](Cc1ccc(O)cc1)NC(=O)CN)C(=O)N1CCC[C@H]1C(=O)NCC(=O)N[C@@H](CCC(=O)O)C(=O)N[C@@H](CCCCN)C(=O)O. The van der Waals surface area contributed by atoms with Gasteiger partial charge in [-0.05, 0) is 101 Å². The first-order valence-electron chi connectivity index (χ1n) is 27.4. The molecule has 3 fully saturated rings. The van der Waals surface area contributed by atoms with Gasteiger partial charge >= 0.3 is 11.9 Å². The first-order chi connectivity index (χ1) is 39.0. The number of carbonyl (C=O) groups excluding carboxylic acids is 11. The molecule has 0 unspecified atom stereocenters. The molecule has 0 spiro atoms. The van der Waals surface area contributed by atoms with Crippen LogP contribution in [0.5, 0.6) is 5.75 Å². The largest absolute Gasteiger partial charge is 0.508 e. The number of phenols is 1. The molecule has 0 aliphatic carbocycles. The molecule has 16 N–H and O–H groups in total. The molecule has 82 heavy (non-hydrogen) atoms. The second-order valence-electron chi connectivity index (χ2n) is 20.7. The predicted molar refractivity (Wildman–Crippen MR) is 288 cm³/mol. The summed E-state index contributed by atoms with van der Waals surface area (Å²) < 4.78 is 0. The van der Waals surface area contributed by atoms with Crippen molar-refractivity contribution in [3.8, 4) is 5.75 Å². The van der Waals surface area contributed by atoms with Gasteiger partial charge in [0.15, 0.2) is 0 Å². The molecule has 454 valence electrons. The number of aromatic hydroxyl groups is 1. The second-order valence-corrected chi connectivity index (χ2v) is 20.7. The molecule has 3 aliphatic heterocycles. The van der Waals surface area contributed by atoms with Gasteiger partial charge in [0.25, 0.3) is 0 Å². The molecule has 0 aromatic heterocycles. The van der Waals surface area contributed by atoms with Gasteiger partial charge in [0.1, 0.15) is 54.1 Å². The molecule has 3 heterocycles. The number of nitrogens with two attached hydrogens (primary N) is 2. The summed E-state index contributed by atoms with van der Waals surface area (Å²) in [5.74, 6) is -11.1. The van der Waals surface area contributed by atoms with Crippen molar-refractivity contribution >= 4 is 76.9 Å². The van der Waals surface area contributed by atoms with Crippen LogP contribution in [0.2, 0.25) is 0 Å². The summed E-state index contributed by atoms with van der Waals surface area (Å²) in [5.41, 5.74) is 11.6. The van der Waals surface area contributed by atoms with Crippen LogP contribution >= 0.6 is 0 Å². The van der Waals surface area contributed by atoms with Gasteiger partial charge in [0.2, 0.25) is 65.0 Å². The van der Waals surface area contributed by atoms with Gasteiger partial charge in [-0.15, -0.1) is 0 Å². The van der Waals surface area contributed by atoms with E-state index in [1.54, 1.807) is 26.0 Å². The van der Waals surface area contributed by atoms with E-state index in [1.165, 1.54) is 21.9 Å². The lowest BCUT2D eigenvalue weighted by Crippen LogP contribution is -2.58. The van der Waals surface area contributed by atoms with Gasteiger partial charge in [-0.1, -0.05) is 26.0 Å². The molecule has 8 atom stereocenters. The summed E-state index contributed by atoms with van der Waals surface area (Å²) in [6, 6.07) is -3.87. The summed E-state index contributed by atoms with van der Waals surface area (Å²) in [5, 5.41) is 58.2. The van der Waals surface area contributed by atoms with Crippen molar-refractivity contribution in [1.82, 2.24) is 57.2 Å². The topological polar surface area (TPSA) is 461 Å². The summed E-state index contributed by atoms with van der Waals surface area (Å²) in [4.78, 5) is 173. The minimum absolute atomic E-state index is 0.00151. The molecule has 0 radical (unpaired) electrons. The predicted octanol–water partition coefficient (Wildman–Crippen LogP) is -5.24. The van der Waals surface area contributed by atoms with Crippen molar-refractivity contribution in [2.45, 2.75) is 146 Å². The Bertz CT molecular complexity index is 2460. The van der Waals surface area contributed by atoms with Crippen molar-refractivity contribution in [3.63, 3.8) is 0 Å². The average Bonchev–Trinajstić information content (AvgIpc) is 4.26. The molecule has 1 aromatic carbocycles. The van der Waals surface area contributed by atoms with E-state index < -0.39 is 171 Å². The van der Waals surface area contributed by atoms with Crippen molar-refractivity contribution in [2.75, 3.05) is 59.0 Å². The van der Waals surface area contributed by atoms with Crippen LogP contribution in [0.25, 0.3) is 0 Å². The number of carboxylic acid groups (broad SMARTS) is 2. The van der Waals surface area contributed by atoms with E-state index in [0.29, 0.717) is 44.2 Å². The number of nitrogens with zero attached hydrogens (tertiary/aromatic N) is 3. The minimum atomic E-state index is -1.55. The van der Waals surface area contributed by atoms with Crippen LogP contribution in [0.1, 0.15) is 96.5 Å². The number of carbonyl (C=O) groups is 13. The Hall–Kier alpha value is -7.99. The van der Waals surface area contributed by atoms with Crippen molar-refractivity contribution in [1.29, 1.82) is 0 Å². The number of amides is 11. The van der Waals surface area contributed by atoms with Crippen LogP contribution in [0.3, 0.4) is 0 Å². The number of aliphatic hydroxyl groups excluding tert-OH is 1. The third-order valence-electron chi connectivity index (χ3n) is 14.0. The lowest BCUT2D eigenvalue weighted by molar-refractivity contribution is -0.143. The molecule has 0 saturated carbocycles. The van der Waals surface area contributed by atoms with E-state index in [1.807, 2.05) is 0 Å². The van der Waals surface area contributed by atoms with Gasteiger partial charge in [-0.2, -0.15) is 0 Å². The molecule has 4 rings (SSSR count). The zero-order chi connectivity index (χ0) is 60.6. The lowest BCUT2D eigenvalue weighted by Gasteiger charge is -2.30. The zero-order valence-corrected chi connectivity index (χ0v) is 46.2. The molecule has 0 bridgehead atoms. The zero-order valence-electron chi connectivity index (χ0n) is 46.2. The quantitative estimate of drug-likeness (QED) is 0.0300. The van der Waals surface area contributed by atoms with Crippen molar-refractivity contribution in [3.05, 3.63) is 29.8 Å². The first kappa shape index (κ1) is 66.5. The van der Waals surface area contributed by atoms with Crippen LogP contribution in [0.4, 0.5) is 0 Å². The van der Waals surface area contributed by atoms with Gasteiger partial charge in [0.05, 0.1) is 32.8 Å². The number of hydrogen-bond acceptors (Lipinski definition) is 17. The second kappa shape index (κ2) is 33.1. The first-order valence-corrected chi connectivity index (χ1v) is 27.4. The third kappa shape index (κ3) is 20.5. The highest BCUT2D eigenvalue weighted by Crippen LogP contribution is 2.23. The highest BCUT2D eigenvalue weighted by Gasteiger charge is 2.41. The molecule has 3 aliphatic rings.